The molecule has 8 nitrogen and oxygen atoms in total. The summed E-state index contributed by atoms with van der Waals surface area (Å²) >= 11 is 0. The number of aromatic amines is 1. The van der Waals surface area contributed by atoms with Crippen molar-refractivity contribution in [2.75, 3.05) is 6.26 Å². The quantitative estimate of drug-likeness (QED) is 0.625. The molecule has 3 aromatic rings. The number of H-pyrrole nitrogens is 1. The molecule has 9 heteroatoms. The molecular weight excluding hydrogens is 382 g/mol. The Morgan fingerprint density at radius 2 is 2.00 bits per heavy atom. The van der Waals surface area contributed by atoms with Crippen LogP contribution in [0.1, 0.15) is 30.8 Å². The molecule has 3 rings (SSSR count). The molecule has 1 aromatic carbocycles. The van der Waals surface area contributed by atoms with Crippen LogP contribution in [0.3, 0.4) is 0 Å². The number of sulfone groups is 1. The summed E-state index contributed by atoms with van der Waals surface area (Å²) in [7, 11) is -3.38. The lowest BCUT2D eigenvalue weighted by atomic mass is 10.2. The first kappa shape index (κ1) is 19.7. The predicted octanol–water partition coefficient (Wildman–Crippen LogP) is 3.03. The van der Waals surface area contributed by atoms with E-state index in [0.717, 1.165) is 12.7 Å². The molecule has 0 radical (unpaired) electrons. The van der Waals surface area contributed by atoms with Crippen molar-refractivity contribution in [1.82, 2.24) is 9.97 Å². The SMILES string of the molecule is CCC(C)Oc1cc(Oc2ccc(S(C)(=O)=O)nc2)cc2cc(C(N)=O)[nH]c12. The molecule has 1 unspecified atom stereocenters. The Labute approximate surface area is 162 Å². The van der Waals surface area contributed by atoms with Crippen LogP contribution >= 0.6 is 0 Å². The Kier molecular flexibility index (Phi) is 5.28. The number of hydrogen-bond donors (Lipinski definition) is 2. The van der Waals surface area contributed by atoms with Gasteiger partial charge < -0.3 is 20.2 Å². The number of carbonyl (C=O) groups excluding carboxylic acids is 1. The number of fused-ring (bicyclic) bond motifs is 1. The highest BCUT2D eigenvalue weighted by Crippen LogP contribution is 2.34. The third-order valence-corrected chi connectivity index (χ3v) is 5.16. The highest BCUT2D eigenvalue weighted by molar-refractivity contribution is 7.90. The number of rotatable bonds is 7. The van der Waals surface area contributed by atoms with E-state index in [1.54, 1.807) is 18.2 Å². The van der Waals surface area contributed by atoms with Crippen LogP contribution in [-0.4, -0.2) is 36.7 Å². The summed E-state index contributed by atoms with van der Waals surface area (Å²) in [6.07, 6.45) is 3.17. The van der Waals surface area contributed by atoms with Crippen molar-refractivity contribution < 1.29 is 22.7 Å². The summed E-state index contributed by atoms with van der Waals surface area (Å²) in [5, 5.41) is 0.665. The smallest absolute Gasteiger partial charge is 0.265 e. The van der Waals surface area contributed by atoms with Crippen molar-refractivity contribution in [3.8, 4) is 17.2 Å². The van der Waals surface area contributed by atoms with Gasteiger partial charge >= 0.3 is 0 Å². The molecule has 0 bridgehead atoms. The van der Waals surface area contributed by atoms with Gasteiger partial charge in [-0.3, -0.25) is 4.79 Å². The average Bonchev–Trinajstić information content (AvgIpc) is 3.06. The van der Waals surface area contributed by atoms with Gasteiger partial charge in [-0.15, -0.1) is 0 Å². The minimum atomic E-state index is -3.38. The Bertz CT molecular complexity index is 1120. The lowest BCUT2D eigenvalue weighted by molar-refractivity contribution is 0.0996. The Morgan fingerprint density at radius 1 is 1.25 bits per heavy atom. The monoisotopic (exact) mass is 403 g/mol. The zero-order chi connectivity index (χ0) is 20.5. The van der Waals surface area contributed by atoms with Crippen molar-refractivity contribution in [2.24, 2.45) is 5.73 Å². The van der Waals surface area contributed by atoms with Crippen LogP contribution in [0.4, 0.5) is 0 Å². The molecule has 0 aliphatic rings. The van der Waals surface area contributed by atoms with Crippen LogP contribution in [0.15, 0.2) is 41.6 Å². The molecule has 28 heavy (non-hydrogen) atoms. The number of amides is 1. The molecule has 0 saturated heterocycles. The van der Waals surface area contributed by atoms with Gasteiger partial charge in [0.05, 0.1) is 17.8 Å². The third-order valence-electron chi connectivity index (χ3n) is 4.16. The van der Waals surface area contributed by atoms with E-state index in [2.05, 4.69) is 9.97 Å². The number of carbonyl (C=O) groups is 1. The molecule has 1 amide bonds. The van der Waals surface area contributed by atoms with Crippen molar-refractivity contribution in [2.45, 2.75) is 31.4 Å². The summed E-state index contributed by atoms with van der Waals surface area (Å²) < 4.78 is 34.8. The Balaban J connectivity index is 1.99. The largest absolute Gasteiger partial charge is 0.488 e. The van der Waals surface area contributed by atoms with Crippen molar-refractivity contribution >= 4 is 26.6 Å². The van der Waals surface area contributed by atoms with Gasteiger partial charge in [0.25, 0.3) is 5.91 Å². The molecule has 148 valence electrons. The summed E-state index contributed by atoms with van der Waals surface area (Å²) in [6.45, 7) is 3.94. The second kappa shape index (κ2) is 7.51. The van der Waals surface area contributed by atoms with Gasteiger partial charge in [0.1, 0.15) is 22.9 Å². The third kappa shape index (κ3) is 4.25. The minimum Gasteiger partial charge on any atom is -0.488 e. The van der Waals surface area contributed by atoms with Crippen LogP contribution in [0.5, 0.6) is 17.2 Å². The first-order valence-corrected chi connectivity index (χ1v) is 10.5. The Hall–Kier alpha value is -3.07. The summed E-state index contributed by atoms with van der Waals surface area (Å²) in [5.74, 6) is 0.769. The zero-order valence-corrected chi connectivity index (χ0v) is 16.5. The van der Waals surface area contributed by atoms with E-state index in [-0.39, 0.29) is 16.8 Å². The van der Waals surface area contributed by atoms with Crippen molar-refractivity contribution in [1.29, 1.82) is 0 Å². The molecule has 0 aliphatic carbocycles. The van der Waals surface area contributed by atoms with E-state index < -0.39 is 15.7 Å². The lowest BCUT2D eigenvalue weighted by Crippen LogP contribution is -2.11. The van der Waals surface area contributed by atoms with Crippen LogP contribution in [0, 0.1) is 0 Å². The van der Waals surface area contributed by atoms with E-state index in [9.17, 15) is 13.2 Å². The highest BCUT2D eigenvalue weighted by atomic mass is 32.2. The standard InChI is InChI=1S/C19H21N3O5S/c1-4-11(2)26-16-9-14(7-12-8-15(19(20)23)22-18(12)16)27-13-5-6-17(21-10-13)28(3,24)25/h5-11,22H,4H2,1-3H3,(H2,20,23). The number of aromatic nitrogens is 2. The number of hydrogen-bond acceptors (Lipinski definition) is 6. The summed E-state index contributed by atoms with van der Waals surface area (Å²) in [6, 6.07) is 7.95. The normalized spacial score (nSPS) is 12.7. The second-order valence-corrected chi connectivity index (χ2v) is 8.44. The van der Waals surface area contributed by atoms with Gasteiger partial charge in [-0.2, -0.15) is 0 Å². The first-order chi connectivity index (χ1) is 13.2. The number of pyridine rings is 1. The average molecular weight is 403 g/mol. The molecular formula is C19H21N3O5S. The highest BCUT2D eigenvalue weighted by Gasteiger charge is 2.15. The van der Waals surface area contributed by atoms with E-state index in [4.69, 9.17) is 15.2 Å². The van der Waals surface area contributed by atoms with Crippen LogP contribution in [0.25, 0.3) is 10.9 Å². The molecule has 0 saturated carbocycles. The number of ether oxygens (including phenoxy) is 2. The number of primary amides is 1. The fraction of sp³-hybridized carbons (Fsp3) is 0.263. The molecule has 0 spiro atoms. The number of nitrogens with zero attached hydrogens (tertiary/aromatic N) is 1. The predicted molar refractivity (Wildman–Crippen MR) is 105 cm³/mol. The fourth-order valence-electron chi connectivity index (χ4n) is 2.55. The van der Waals surface area contributed by atoms with Crippen LogP contribution < -0.4 is 15.2 Å². The second-order valence-electron chi connectivity index (χ2n) is 6.48. The molecule has 0 aliphatic heterocycles. The van der Waals surface area contributed by atoms with Gasteiger partial charge in [0, 0.05) is 17.7 Å². The van der Waals surface area contributed by atoms with Crippen LogP contribution in [0.2, 0.25) is 0 Å². The molecule has 3 N–H and O–H groups in total. The molecule has 2 heterocycles. The molecule has 2 aromatic heterocycles. The molecule has 1 atom stereocenters. The van der Waals surface area contributed by atoms with Crippen molar-refractivity contribution in [3.63, 3.8) is 0 Å². The van der Waals surface area contributed by atoms with Gasteiger partial charge in [-0.25, -0.2) is 13.4 Å². The Morgan fingerprint density at radius 3 is 2.57 bits per heavy atom. The number of nitrogens with two attached hydrogens (primary N) is 1. The van der Waals surface area contributed by atoms with Gasteiger partial charge in [0.2, 0.25) is 0 Å². The first-order valence-electron chi connectivity index (χ1n) is 8.64. The fourth-order valence-corrected chi connectivity index (χ4v) is 3.11. The molecule has 0 fully saturated rings. The van der Waals surface area contributed by atoms with E-state index in [0.29, 0.717) is 28.2 Å². The maximum absolute atomic E-state index is 11.5. The number of benzene rings is 1. The van der Waals surface area contributed by atoms with E-state index >= 15 is 0 Å². The maximum atomic E-state index is 11.5. The maximum Gasteiger partial charge on any atom is 0.265 e. The van der Waals surface area contributed by atoms with Crippen molar-refractivity contribution in [3.05, 3.63) is 42.2 Å². The van der Waals surface area contributed by atoms with Crippen LogP contribution in [-0.2, 0) is 9.84 Å². The van der Waals surface area contributed by atoms with Gasteiger partial charge in [-0.1, -0.05) is 6.92 Å². The summed E-state index contributed by atoms with van der Waals surface area (Å²) in [5.41, 5.74) is 6.28. The number of nitrogens with one attached hydrogen (secondary N) is 1. The topological polar surface area (TPSA) is 124 Å². The van der Waals surface area contributed by atoms with Gasteiger partial charge in [0.15, 0.2) is 14.9 Å². The van der Waals surface area contributed by atoms with Gasteiger partial charge in [-0.05, 0) is 37.6 Å². The minimum absolute atomic E-state index is 0.0344. The lowest BCUT2D eigenvalue weighted by Gasteiger charge is -2.15. The van der Waals surface area contributed by atoms with E-state index in [1.165, 1.54) is 18.3 Å². The summed E-state index contributed by atoms with van der Waals surface area (Å²) in [4.78, 5) is 18.4. The zero-order valence-electron chi connectivity index (χ0n) is 15.7. The van der Waals surface area contributed by atoms with E-state index in [1.807, 2.05) is 13.8 Å².